The van der Waals surface area contributed by atoms with E-state index in [1.54, 1.807) is 17.0 Å². The lowest BCUT2D eigenvalue weighted by molar-refractivity contribution is -0.0564. The number of aryl methyl sites for hydroxylation is 1. The van der Waals surface area contributed by atoms with Crippen molar-refractivity contribution >= 4 is 12.0 Å². The monoisotopic (exact) mass is 561 g/mol. The second-order valence-electron chi connectivity index (χ2n) is 10.8. The van der Waals surface area contributed by atoms with Gasteiger partial charge in [-0.2, -0.15) is 0 Å². The van der Waals surface area contributed by atoms with Gasteiger partial charge in [0.05, 0.1) is 12.7 Å². The molecule has 0 radical (unpaired) electrons. The molecule has 8 heteroatoms. The Morgan fingerprint density at radius 1 is 1.12 bits per heavy atom. The first-order valence-electron chi connectivity index (χ1n) is 14.2. The van der Waals surface area contributed by atoms with Crippen LogP contribution in [0.3, 0.4) is 0 Å². The van der Waals surface area contributed by atoms with Crippen LogP contribution in [0.15, 0.2) is 66.7 Å². The third-order valence-electron chi connectivity index (χ3n) is 7.94. The number of ether oxygens (including phenoxy) is 1. The van der Waals surface area contributed by atoms with Crippen molar-refractivity contribution in [1.29, 1.82) is 0 Å². The summed E-state index contributed by atoms with van der Waals surface area (Å²) in [7, 11) is 3.18. The van der Waals surface area contributed by atoms with E-state index in [0.29, 0.717) is 61.2 Å². The van der Waals surface area contributed by atoms with Crippen LogP contribution in [0.1, 0.15) is 52.7 Å². The molecule has 7 nitrogen and oxygen atoms in total. The minimum atomic E-state index is -1.45. The molecule has 3 N–H and O–H groups in total. The van der Waals surface area contributed by atoms with Gasteiger partial charge in [0.15, 0.2) is 0 Å². The summed E-state index contributed by atoms with van der Waals surface area (Å²) >= 11 is 0. The fraction of sp³-hybridized carbons (Fsp3) is 0.394. The van der Waals surface area contributed by atoms with Crippen molar-refractivity contribution in [3.63, 3.8) is 0 Å². The molecule has 2 amide bonds. The summed E-state index contributed by atoms with van der Waals surface area (Å²) in [6.45, 7) is 3.88. The molecule has 0 aromatic heterocycles. The van der Waals surface area contributed by atoms with Crippen LogP contribution in [-0.4, -0.2) is 55.8 Å². The van der Waals surface area contributed by atoms with Gasteiger partial charge in [-0.15, -0.1) is 0 Å². The number of piperidine rings is 1. The Bertz CT molecular complexity index is 1350. The van der Waals surface area contributed by atoms with Gasteiger partial charge in [-0.05, 0) is 74.5 Å². The van der Waals surface area contributed by atoms with Crippen molar-refractivity contribution < 1.29 is 23.8 Å². The lowest BCUT2D eigenvalue weighted by Gasteiger charge is -2.43. The number of likely N-dealkylation sites (tertiary alicyclic amines) is 1. The number of carbonyl (C=O) groups excluding carboxylic acids is 2. The molecule has 4 rings (SSSR count). The molecular weight excluding hydrogens is 521 g/mol. The van der Waals surface area contributed by atoms with Crippen LogP contribution in [-0.2, 0) is 16.9 Å². The fourth-order valence-corrected chi connectivity index (χ4v) is 5.86. The summed E-state index contributed by atoms with van der Waals surface area (Å²) in [6, 6.07) is 20.0. The van der Waals surface area contributed by atoms with Gasteiger partial charge in [0.25, 0.3) is 5.91 Å². The van der Waals surface area contributed by atoms with Crippen molar-refractivity contribution in [1.82, 2.24) is 15.5 Å². The molecule has 2 atom stereocenters. The summed E-state index contributed by atoms with van der Waals surface area (Å²) in [5, 5.41) is 18.4. The maximum Gasteiger partial charge on any atom is 0.406 e. The number of nitrogens with one attached hydrogen (secondary N) is 2. The quantitative estimate of drug-likeness (QED) is 0.289. The number of rotatable bonds is 10. The number of methoxy groups -OCH3 is 1. The molecule has 0 aliphatic carbocycles. The van der Waals surface area contributed by atoms with Crippen LogP contribution < -0.4 is 10.6 Å². The largest absolute Gasteiger partial charge is 0.453 e. The SMILES string of the molecule is CNCc1ccc(C(=O)N2CCC[C@@H]([C@@](O)(CCCNC(=O)OC)c3cccc(F)c3-c3cccc(C)c3)C2)cc1. The summed E-state index contributed by atoms with van der Waals surface area (Å²) < 4.78 is 20.2. The minimum absolute atomic E-state index is 0.0847. The number of carbonyl (C=O) groups is 2. The van der Waals surface area contributed by atoms with Gasteiger partial charge in [-0.1, -0.05) is 54.1 Å². The maximum atomic E-state index is 15.6. The Balaban J connectivity index is 1.67. The van der Waals surface area contributed by atoms with Crippen LogP contribution in [0, 0.1) is 18.7 Å². The van der Waals surface area contributed by atoms with Crippen molar-refractivity contribution in [3.8, 4) is 11.1 Å². The molecule has 0 saturated carbocycles. The van der Waals surface area contributed by atoms with E-state index in [4.69, 9.17) is 0 Å². The summed E-state index contributed by atoms with van der Waals surface area (Å²) in [4.78, 5) is 27.0. The van der Waals surface area contributed by atoms with Gasteiger partial charge in [-0.25, -0.2) is 9.18 Å². The summed E-state index contributed by atoms with van der Waals surface area (Å²) in [5.41, 5.74) is 2.77. The zero-order chi connectivity index (χ0) is 29.4. The molecule has 1 fully saturated rings. The van der Waals surface area contributed by atoms with Crippen molar-refractivity contribution in [2.24, 2.45) is 5.92 Å². The molecule has 3 aromatic rings. The van der Waals surface area contributed by atoms with E-state index in [1.807, 2.05) is 62.5 Å². The Morgan fingerprint density at radius 3 is 2.59 bits per heavy atom. The number of alkyl carbamates (subject to hydrolysis) is 1. The Labute approximate surface area is 241 Å². The first-order chi connectivity index (χ1) is 19.8. The van der Waals surface area contributed by atoms with Gasteiger partial charge in [0.1, 0.15) is 5.82 Å². The molecule has 0 unspecified atom stereocenters. The molecule has 218 valence electrons. The number of hydrogen-bond acceptors (Lipinski definition) is 5. The molecule has 3 aromatic carbocycles. The molecule has 1 saturated heterocycles. The smallest absolute Gasteiger partial charge is 0.406 e. The first-order valence-corrected chi connectivity index (χ1v) is 14.2. The van der Waals surface area contributed by atoms with Crippen LogP contribution in [0.25, 0.3) is 11.1 Å². The standard InChI is InChI=1S/C33H40FN3O4/c1-23-8-4-9-26(20-23)30-28(11-5-12-29(30)34)33(40,17-7-18-36-32(39)41-3)27-10-6-19-37(22-27)31(38)25-15-13-24(14-16-25)21-35-2/h4-5,8-9,11-16,20,27,35,40H,6-7,10,17-19,21-22H2,1-3H3,(H,36,39)/t27-,33+/m1/s1. The molecule has 1 heterocycles. The Morgan fingerprint density at radius 2 is 1.88 bits per heavy atom. The Kier molecular flexibility index (Phi) is 10.1. The van der Waals surface area contributed by atoms with Gasteiger partial charge >= 0.3 is 6.09 Å². The topological polar surface area (TPSA) is 90.9 Å². The van der Waals surface area contributed by atoms with Crippen LogP contribution in [0.5, 0.6) is 0 Å². The molecule has 0 spiro atoms. The van der Waals surface area contributed by atoms with Gasteiger partial charge in [-0.3, -0.25) is 4.79 Å². The van der Waals surface area contributed by atoms with E-state index in [-0.39, 0.29) is 18.2 Å². The number of aliphatic hydroxyl groups is 1. The molecule has 1 aliphatic heterocycles. The zero-order valence-corrected chi connectivity index (χ0v) is 24.1. The number of halogens is 1. The summed E-state index contributed by atoms with van der Waals surface area (Å²) in [6.07, 6.45) is 1.55. The maximum absolute atomic E-state index is 15.6. The highest BCUT2D eigenvalue weighted by Crippen LogP contribution is 2.44. The number of nitrogens with zero attached hydrogens (tertiary/aromatic N) is 1. The third-order valence-corrected chi connectivity index (χ3v) is 7.94. The molecular formula is C33H40FN3O4. The van der Waals surface area contributed by atoms with E-state index >= 15 is 4.39 Å². The van der Waals surface area contributed by atoms with Crippen LogP contribution in [0.2, 0.25) is 0 Å². The lowest BCUT2D eigenvalue weighted by atomic mass is 9.72. The molecule has 41 heavy (non-hydrogen) atoms. The molecule has 1 aliphatic rings. The highest BCUT2D eigenvalue weighted by Gasteiger charge is 2.43. The predicted molar refractivity (Wildman–Crippen MR) is 158 cm³/mol. The predicted octanol–water partition coefficient (Wildman–Crippen LogP) is 5.40. The zero-order valence-electron chi connectivity index (χ0n) is 24.1. The van der Waals surface area contributed by atoms with Gasteiger partial charge in [0, 0.05) is 43.2 Å². The first kappa shape index (κ1) is 30.2. The summed E-state index contributed by atoms with van der Waals surface area (Å²) in [5.74, 6) is -0.838. The van der Waals surface area contributed by atoms with E-state index in [1.165, 1.54) is 13.2 Å². The van der Waals surface area contributed by atoms with Gasteiger partial charge < -0.3 is 25.4 Å². The average Bonchev–Trinajstić information content (AvgIpc) is 2.99. The second-order valence-corrected chi connectivity index (χ2v) is 10.8. The normalized spacial score (nSPS) is 16.6. The van der Waals surface area contributed by atoms with Crippen LogP contribution >= 0.6 is 0 Å². The Hall–Kier alpha value is -3.75. The fourth-order valence-electron chi connectivity index (χ4n) is 5.86. The molecule has 0 bridgehead atoms. The lowest BCUT2D eigenvalue weighted by Crippen LogP contribution is -2.48. The highest BCUT2D eigenvalue weighted by molar-refractivity contribution is 5.94. The van der Waals surface area contributed by atoms with E-state index in [9.17, 15) is 14.7 Å². The second kappa shape index (κ2) is 13.7. The van der Waals surface area contributed by atoms with E-state index in [2.05, 4.69) is 15.4 Å². The number of amides is 2. The minimum Gasteiger partial charge on any atom is -0.453 e. The average molecular weight is 562 g/mol. The van der Waals surface area contributed by atoms with E-state index in [0.717, 1.165) is 17.7 Å². The van der Waals surface area contributed by atoms with Crippen molar-refractivity contribution in [2.75, 3.05) is 33.8 Å². The number of benzene rings is 3. The van der Waals surface area contributed by atoms with Crippen molar-refractivity contribution in [3.05, 3.63) is 94.8 Å². The third kappa shape index (κ3) is 7.13. The van der Waals surface area contributed by atoms with Crippen molar-refractivity contribution in [2.45, 2.75) is 44.8 Å². The van der Waals surface area contributed by atoms with Gasteiger partial charge in [0.2, 0.25) is 0 Å². The van der Waals surface area contributed by atoms with E-state index < -0.39 is 17.5 Å². The number of hydrogen-bond donors (Lipinski definition) is 3. The van der Waals surface area contributed by atoms with Crippen LogP contribution in [0.4, 0.5) is 9.18 Å². The highest BCUT2D eigenvalue weighted by atomic mass is 19.1.